The molecule has 2 aromatic heterocycles. The minimum absolute atomic E-state index is 0.0689. The number of rotatable bonds is 3. The molecule has 1 atom stereocenters. The average molecular weight is 385 g/mol. The van der Waals surface area contributed by atoms with Gasteiger partial charge in [-0.2, -0.15) is 0 Å². The summed E-state index contributed by atoms with van der Waals surface area (Å²) in [7, 11) is 0. The fourth-order valence-corrected chi connectivity index (χ4v) is 5.64. The fraction of sp³-hybridized carbons (Fsp3) is 0.526. The first kappa shape index (κ1) is 16.9. The molecule has 5 rings (SSSR count). The number of anilines is 3. The second kappa shape index (κ2) is 6.45. The van der Waals surface area contributed by atoms with Gasteiger partial charge in [-0.05, 0) is 25.3 Å². The number of fused-ring (bicyclic) bond motifs is 2. The van der Waals surface area contributed by atoms with Gasteiger partial charge in [0.2, 0.25) is 0 Å². The summed E-state index contributed by atoms with van der Waals surface area (Å²) in [6.07, 6.45) is 8.24. The highest BCUT2D eigenvalue weighted by Crippen LogP contribution is 2.47. The number of nitrogens with zero attached hydrogens (tertiary/aromatic N) is 3. The molecule has 2 fully saturated rings. The van der Waals surface area contributed by atoms with E-state index in [1.54, 1.807) is 6.33 Å². The number of aromatic nitrogens is 2. The van der Waals surface area contributed by atoms with E-state index in [1.165, 1.54) is 36.2 Å². The quantitative estimate of drug-likeness (QED) is 0.753. The molecule has 1 aliphatic carbocycles. The van der Waals surface area contributed by atoms with Crippen molar-refractivity contribution in [2.45, 2.75) is 50.1 Å². The Hall–Kier alpha value is -2.19. The molecule has 2 aliphatic heterocycles. The molecular formula is C19H24N6OS. The maximum Gasteiger partial charge on any atom is 0.262 e. The van der Waals surface area contributed by atoms with E-state index in [2.05, 4.69) is 31.6 Å². The molecule has 1 amide bonds. The Morgan fingerprint density at radius 1 is 1.26 bits per heavy atom. The molecule has 3 aliphatic rings. The number of thiophene rings is 1. The Morgan fingerprint density at radius 2 is 2.11 bits per heavy atom. The van der Waals surface area contributed by atoms with Crippen LogP contribution in [0.15, 0.2) is 18.5 Å². The van der Waals surface area contributed by atoms with E-state index in [1.807, 2.05) is 6.07 Å². The van der Waals surface area contributed by atoms with Crippen molar-refractivity contribution in [3.05, 3.63) is 28.9 Å². The van der Waals surface area contributed by atoms with Crippen LogP contribution in [0, 0.1) is 0 Å². The summed E-state index contributed by atoms with van der Waals surface area (Å²) in [5.74, 6) is 1.71. The van der Waals surface area contributed by atoms with Crippen molar-refractivity contribution in [1.82, 2.24) is 15.3 Å². The topological polar surface area (TPSA) is 96.2 Å². The van der Waals surface area contributed by atoms with Crippen molar-refractivity contribution in [3.8, 4) is 0 Å². The van der Waals surface area contributed by atoms with Crippen LogP contribution in [0.1, 0.15) is 53.8 Å². The summed E-state index contributed by atoms with van der Waals surface area (Å²) in [4.78, 5) is 24.3. The Bertz CT molecular complexity index is 875. The van der Waals surface area contributed by atoms with Crippen LogP contribution in [-0.2, 0) is 5.54 Å². The van der Waals surface area contributed by atoms with E-state index in [0.29, 0.717) is 0 Å². The lowest BCUT2D eigenvalue weighted by molar-refractivity contribution is 0.0912. The number of carbonyl (C=O) groups is 1. The lowest BCUT2D eigenvalue weighted by atomic mass is 9.78. The van der Waals surface area contributed by atoms with Gasteiger partial charge in [0.25, 0.3) is 5.91 Å². The van der Waals surface area contributed by atoms with Crippen LogP contribution < -0.4 is 21.3 Å². The van der Waals surface area contributed by atoms with Crippen molar-refractivity contribution in [3.63, 3.8) is 0 Å². The van der Waals surface area contributed by atoms with E-state index in [-0.39, 0.29) is 17.5 Å². The van der Waals surface area contributed by atoms with Crippen LogP contribution >= 0.6 is 11.3 Å². The second-order valence-corrected chi connectivity index (χ2v) is 8.88. The molecule has 1 unspecified atom stereocenters. The predicted octanol–water partition coefficient (Wildman–Crippen LogP) is 2.72. The molecule has 0 aromatic carbocycles. The van der Waals surface area contributed by atoms with Crippen molar-refractivity contribution in [1.29, 1.82) is 0 Å². The first-order valence-corrected chi connectivity index (χ1v) is 10.5. The number of hydrogen-bond donors (Lipinski definition) is 3. The molecule has 142 valence electrons. The van der Waals surface area contributed by atoms with Gasteiger partial charge in [0.1, 0.15) is 18.0 Å². The highest BCUT2D eigenvalue weighted by Gasteiger charge is 2.45. The lowest BCUT2D eigenvalue weighted by Gasteiger charge is -2.33. The van der Waals surface area contributed by atoms with Gasteiger partial charge in [-0.25, -0.2) is 9.97 Å². The van der Waals surface area contributed by atoms with Crippen LogP contribution in [0.4, 0.5) is 16.6 Å². The minimum Gasteiger partial charge on any atom is -0.355 e. The Kier molecular flexibility index (Phi) is 4.05. The first-order chi connectivity index (χ1) is 13.1. The van der Waals surface area contributed by atoms with Gasteiger partial charge >= 0.3 is 0 Å². The largest absolute Gasteiger partial charge is 0.355 e. The summed E-state index contributed by atoms with van der Waals surface area (Å²) >= 11 is 1.51. The number of amides is 1. The standard InChI is InChI=1S/C19H24N6OS/c20-12-4-7-25(10-12)15-9-14(21-11-22-15)23-16-8-13-17(27-16)18(26)24-19(13)5-2-1-3-6-19/h8-9,11-12H,1-7,10,20H2,(H,24,26)(H,21,22,23). The Morgan fingerprint density at radius 3 is 2.89 bits per heavy atom. The van der Waals surface area contributed by atoms with Crippen molar-refractivity contribution in [2.24, 2.45) is 5.73 Å². The summed E-state index contributed by atoms with van der Waals surface area (Å²) in [6.45, 7) is 1.75. The minimum atomic E-state index is -0.149. The summed E-state index contributed by atoms with van der Waals surface area (Å²) < 4.78 is 0. The molecule has 4 N–H and O–H groups in total. The van der Waals surface area contributed by atoms with Crippen LogP contribution in [0.3, 0.4) is 0 Å². The van der Waals surface area contributed by atoms with Crippen LogP contribution in [0.5, 0.6) is 0 Å². The summed E-state index contributed by atoms with van der Waals surface area (Å²) in [5, 5.41) is 7.60. The van der Waals surface area contributed by atoms with Gasteiger partial charge in [-0.15, -0.1) is 11.3 Å². The van der Waals surface area contributed by atoms with Crippen molar-refractivity contribution in [2.75, 3.05) is 23.3 Å². The van der Waals surface area contributed by atoms with Crippen LogP contribution in [-0.4, -0.2) is 35.0 Å². The van der Waals surface area contributed by atoms with Crippen molar-refractivity contribution >= 4 is 33.9 Å². The third-order valence-electron chi connectivity index (χ3n) is 5.97. The van der Waals surface area contributed by atoms with E-state index >= 15 is 0 Å². The van der Waals surface area contributed by atoms with Gasteiger partial charge in [-0.1, -0.05) is 19.3 Å². The maximum atomic E-state index is 12.5. The zero-order valence-corrected chi connectivity index (χ0v) is 16.0. The molecule has 2 aromatic rings. The molecule has 27 heavy (non-hydrogen) atoms. The van der Waals surface area contributed by atoms with Gasteiger partial charge < -0.3 is 21.3 Å². The lowest BCUT2D eigenvalue weighted by Crippen LogP contribution is -2.40. The zero-order chi connectivity index (χ0) is 18.4. The van der Waals surface area contributed by atoms with Gasteiger partial charge in [0, 0.05) is 30.8 Å². The highest BCUT2D eigenvalue weighted by molar-refractivity contribution is 7.18. The zero-order valence-electron chi connectivity index (χ0n) is 15.2. The van der Waals surface area contributed by atoms with E-state index in [9.17, 15) is 4.79 Å². The second-order valence-electron chi connectivity index (χ2n) is 7.83. The summed E-state index contributed by atoms with van der Waals surface area (Å²) in [6, 6.07) is 4.30. The molecular weight excluding hydrogens is 360 g/mol. The van der Waals surface area contributed by atoms with Gasteiger partial charge in [0.15, 0.2) is 0 Å². The molecule has 1 saturated carbocycles. The molecule has 0 radical (unpaired) electrons. The molecule has 1 saturated heterocycles. The van der Waals surface area contributed by atoms with Crippen LogP contribution in [0.25, 0.3) is 0 Å². The maximum absolute atomic E-state index is 12.5. The molecule has 0 bridgehead atoms. The molecule has 1 spiro atoms. The van der Waals surface area contributed by atoms with Crippen LogP contribution in [0.2, 0.25) is 0 Å². The average Bonchev–Trinajstić information content (AvgIpc) is 3.34. The Balaban J connectivity index is 1.39. The number of hydrogen-bond acceptors (Lipinski definition) is 7. The summed E-state index contributed by atoms with van der Waals surface area (Å²) in [5.41, 5.74) is 7.03. The molecule has 4 heterocycles. The SMILES string of the molecule is NC1CCN(c2cc(Nc3cc4c(s3)C(=O)NC43CCCCC3)ncn2)C1. The molecule has 8 heteroatoms. The van der Waals surface area contributed by atoms with Gasteiger partial charge in [-0.3, -0.25) is 4.79 Å². The Labute approximate surface area is 162 Å². The highest BCUT2D eigenvalue weighted by atomic mass is 32.1. The number of nitrogens with one attached hydrogen (secondary N) is 2. The molecule has 7 nitrogen and oxygen atoms in total. The van der Waals surface area contributed by atoms with E-state index in [4.69, 9.17) is 5.73 Å². The normalized spacial score (nSPS) is 23.5. The first-order valence-electron chi connectivity index (χ1n) is 9.69. The predicted molar refractivity (Wildman–Crippen MR) is 107 cm³/mol. The third kappa shape index (κ3) is 2.96. The fourth-order valence-electron chi connectivity index (χ4n) is 4.58. The van der Waals surface area contributed by atoms with E-state index in [0.717, 1.165) is 53.9 Å². The smallest absolute Gasteiger partial charge is 0.262 e. The van der Waals surface area contributed by atoms with Crippen molar-refractivity contribution < 1.29 is 4.79 Å². The van der Waals surface area contributed by atoms with Gasteiger partial charge in [0.05, 0.1) is 15.4 Å². The third-order valence-corrected chi connectivity index (χ3v) is 7.02. The number of carbonyl (C=O) groups excluding carboxylic acids is 1. The number of nitrogens with two attached hydrogens (primary N) is 1. The van der Waals surface area contributed by atoms with E-state index < -0.39 is 0 Å². The monoisotopic (exact) mass is 384 g/mol.